The van der Waals surface area contributed by atoms with Gasteiger partial charge in [0.2, 0.25) is 0 Å². The van der Waals surface area contributed by atoms with Crippen LogP contribution in [0, 0.1) is 28.6 Å². The predicted molar refractivity (Wildman–Crippen MR) is 249 cm³/mol. The first-order valence-electron chi connectivity index (χ1n) is 22.8. The molecule has 0 bridgehead atoms. The van der Waals surface area contributed by atoms with Crippen molar-refractivity contribution < 1.29 is 39.1 Å². The summed E-state index contributed by atoms with van der Waals surface area (Å²) < 4.78 is 19.5. The Morgan fingerprint density at radius 1 is 0.790 bits per heavy atom. The van der Waals surface area contributed by atoms with Crippen LogP contribution in [0.2, 0.25) is 23.7 Å². The summed E-state index contributed by atoms with van der Waals surface area (Å²) in [6.07, 6.45) is 1.22. The summed E-state index contributed by atoms with van der Waals surface area (Å²) in [5.74, 6) is -1.19. The molecule has 0 radical (unpaired) electrons. The van der Waals surface area contributed by atoms with Crippen LogP contribution in [-0.4, -0.2) is 86.5 Å². The highest BCUT2D eigenvalue weighted by atomic mass is 28.4. The van der Waals surface area contributed by atoms with Gasteiger partial charge >= 0.3 is 5.97 Å². The van der Waals surface area contributed by atoms with Gasteiger partial charge in [-0.3, -0.25) is 0 Å². The fraction of sp³-hybridized carbons (Fsp3) is 0.519. The number of ether oxygens (including phenoxy) is 2. The SMILES string of the molecule is COc1ccc(C(=O)O[C@@H]2C[C@H]([Si](C)(C)c3ccccc3)C[C@@]3(O)CC[C@@H]4[C@H]([C@H](O)C[C@]5(C)[C@@H](CO[Si](c6ccccc6)(c6ccccc6)C(C)(C)C)CC[C@]45O)[C@@]23CO)cc1. The van der Waals surface area contributed by atoms with Crippen molar-refractivity contribution in [3.05, 3.63) is 121 Å². The number of aliphatic hydroxyl groups is 4. The van der Waals surface area contributed by atoms with Gasteiger partial charge in [-0.15, -0.1) is 0 Å². The minimum absolute atomic E-state index is 0.00312. The standard InChI is InChI=1S/C52H68O8Si2/c1-48(2,3)62(40-19-13-9-14-20-40,41-21-15-10-16-22-41)59-34-37-27-30-52(57)43-28-29-50(56)32-42(61(6,7)39-17-11-8-12-18-39)31-45(60-47(55)36-23-25-38(58-5)26-24-36)51(50,35-53)46(43)44(54)33-49(37,52)4/h8-26,37,42-46,53-54,56-57H,27-35H2,1-7H3/t37-,42+,43-,44-,45-,46-,49-,50+,51-,52+/m1/s1. The van der Waals surface area contributed by atoms with E-state index in [0.717, 1.165) is 0 Å². The molecule has 0 heterocycles. The number of fused-ring (bicyclic) bond motifs is 5. The minimum atomic E-state index is -2.90. The maximum Gasteiger partial charge on any atom is 0.338 e. The highest BCUT2D eigenvalue weighted by Crippen LogP contribution is 2.71. The summed E-state index contributed by atoms with van der Waals surface area (Å²) in [5.41, 5.74) is -4.49. The molecule has 0 spiro atoms. The topological polar surface area (TPSA) is 126 Å². The van der Waals surface area contributed by atoms with Gasteiger partial charge in [0.15, 0.2) is 0 Å². The number of carbonyl (C=O) groups is 1. The average molecular weight is 877 g/mol. The van der Waals surface area contributed by atoms with Gasteiger partial charge in [0.25, 0.3) is 8.32 Å². The maximum absolute atomic E-state index is 14.2. The van der Waals surface area contributed by atoms with Crippen LogP contribution in [-0.2, 0) is 9.16 Å². The molecule has 62 heavy (non-hydrogen) atoms. The fourth-order valence-corrected chi connectivity index (χ4v) is 21.4. The number of rotatable bonds is 11. The number of carbonyl (C=O) groups excluding carboxylic acids is 1. The van der Waals surface area contributed by atoms with Gasteiger partial charge in [-0.25, -0.2) is 4.79 Å². The van der Waals surface area contributed by atoms with Crippen molar-refractivity contribution in [3.63, 3.8) is 0 Å². The Labute approximate surface area is 370 Å². The van der Waals surface area contributed by atoms with Crippen LogP contribution in [0.25, 0.3) is 0 Å². The Balaban J connectivity index is 1.16. The molecule has 10 heteroatoms. The minimum Gasteiger partial charge on any atom is -0.497 e. The van der Waals surface area contributed by atoms with Crippen LogP contribution in [0.15, 0.2) is 115 Å². The number of esters is 1. The molecule has 4 aliphatic carbocycles. The highest BCUT2D eigenvalue weighted by Gasteiger charge is 2.76. The largest absolute Gasteiger partial charge is 0.497 e. The third kappa shape index (κ3) is 6.89. The molecule has 8 nitrogen and oxygen atoms in total. The molecular weight excluding hydrogens is 809 g/mol. The molecule has 10 atom stereocenters. The molecule has 0 aliphatic heterocycles. The van der Waals surface area contributed by atoms with Crippen molar-refractivity contribution in [2.24, 2.45) is 28.6 Å². The number of aliphatic hydroxyl groups excluding tert-OH is 2. The zero-order valence-electron chi connectivity index (χ0n) is 37.7. The van der Waals surface area contributed by atoms with Crippen LogP contribution >= 0.6 is 0 Å². The summed E-state index contributed by atoms with van der Waals surface area (Å²) in [7, 11) is -3.64. The first-order chi connectivity index (χ1) is 29.4. The molecular formula is C52H68O8Si2. The molecule has 4 fully saturated rings. The van der Waals surface area contributed by atoms with Crippen molar-refractivity contribution in [2.75, 3.05) is 20.3 Å². The molecule has 0 saturated heterocycles. The Kier molecular flexibility index (Phi) is 11.9. The molecule has 0 amide bonds. The summed E-state index contributed by atoms with van der Waals surface area (Å²) in [6, 6.07) is 38.4. The number of methoxy groups -OCH3 is 1. The smallest absolute Gasteiger partial charge is 0.338 e. The Morgan fingerprint density at radius 3 is 1.89 bits per heavy atom. The van der Waals surface area contributed by atoms with E-state index in [0.29, 0.717) is 56.4 Å². The van der Waals surface area contributed by atoms with E-state index in [9.17, 15) is 25.2 Å². The van der Waals surface area contributed by atoms with E-state index in [1.54, 1.807) is 31.4 Å². The van der Waals surface area contributed by atoms with Crippen LogP contribution in [0.1, 0.15) is 83.0 Å². The summed E-state index contributed by atoms with van der Waals surface area (Å²) in [6.45, 7) is 13.5. The van der Waals surface area contributed by atoms with Crippen LogP contribution < -0.4 is 20.3 Å². The second kappa shape index (κ2) is 16.4. The lowest BCUT2D eigenvalue weighted by atomic mass is 9.40. The summed E-state index contributed by atoms with van der Waals surface area (Å²) in [5, 5.41) is 55.0. The van der Waals surface area contributed by atoms with Crippen LogP contribution in [0.4, 0.5) is 0 Å². The van der Waals surface area contributed by atoms with Crippen LogP contribution in [0.3, 0.4) is 0 Å². The third-order valence-corrected chi connectivity index (χ3v) is 26.4. The number of benzene rings is 4. The van der Waals surface area contributed by atoms with Crippen molar-refractivity contribution in [2.45, 2.75) is 120 Å². The van der Waals surface area contributed by atoms with Crippen molar-refractivity contribution in [1.29, 1.82) is 0 Å². The average Bonchev–Trinajstić information content (AvgIpc) is 3.52. The summed E-state index contributed by atoms with van der Waals surface area (Å²) in [4.78, 5) is 14.2. The van der Waals surface area contributed by atoms with E-state index in [1.807, 2.05) is 18.2 Å². The van der Waals surface area contributed by atoms with Gasteiger partial charge in [-0.2, -0.15) is 0 Å². The molecule has 0 aromatic heterocycles. The van der Waals surface area contributed by atoms with Crippen molar-refractivity contribution in [1.82, 2.24) is 0 Å². The molecule has 4 aromatic rings. The van der Waals surface area contributed by atoms with E-state index in [2.05, 4.69) is 114 Å². The van der Waals surface area contributed by atoms with Gasteiger partial charge in [-0.1, -0.05) is 137 Å². The van der Waals surface area contributed by atoms with E-state index in [1.165, 1.54) is 15.6 Å². The zero-order valence-corrected chi connectivity index (χ0v) is 39.7. The summed E-state index contributed by atoms with van der Waals surface area (Å²) >= 11 is 0. The quantitative estimate of drug-likeness (QED) is 0.0920. The highest BCUT2D eigenvalue weighted by molar-refractivity contribution is 6.99. The molecule has 8 rings (SSSR count). The molecule has 4 aliphatic rings. The monoisotopic (exact) mass is 876 g/mol. The molecule has 0 unspecified atom stereocenters. The van der Waals surface area contributed by atoms with E-state index in [4.69, 9.17) is 13.9 Å². The zero-order chi connectivity index (χ0) is 44.3. The fourth-order valence-electron chi connectivity index (χ4n) is 13.6. The van der Waals surface area contributed by atoms with E-state index >= 15 is 0 Å². The number of hydrogen-bond acceptors (Lipinski definition) is 8. The van der Waals surface area contributed by atoms with Crippen molar-refractivity contribution >= 4 is 37.9 Å². The third-order valence-electron chi connectivity index (χ3n) is 17.1. The Morgan fingerprint density at radius 2 is 1.35 bits per heavy atom. The lowest BCUT2D eigenvalue weighted by molar-refractivity contribution is -0.309. The first-order valence-corrected chi connectivity index (χ1v) is 27.8. The second-order valence-electron chi connectivity index (χ2n) is 21.1. The van der Waals surface area contributed by atoms with E-state index < -0.39 is 75.0 Å². The normalized spacial score (nSPS) is 33.5. The first kappa shape index (κ1) is 45.0. The van der Waals surface area contributed by atoms with Gasteiger partial charge < -0.3 is 34.3 Å². The van der Waals surface area contributed by atoms with Crippen LogP contribution in [0.5, 0.6) is 5.75 Å². The van der Waals surface area contributed by atoms with E-state index in [-0.39, 0.29) is 22.9 Å². The number of hydrogen-bond donors (Lipinski definition) is 4. The lowest BCUT2D eigenvalue weighted by Crippen LogP contribution is -2.76. The molecule has 4 N–H and O–H groups in total. The second-order valence-corrected chi connectivity index (χ2v) is 30.2. The molecule has 4 saturated carbocycles. The lowest BCUT2D eigenvalue weighted by Gasteiger charge is -2.69. The van der Waals surface area contributed by atoms with Gasteiger partial charge in [0.1, 0.15) is 11.9 Å². The predicted octanol–water partition coefficient (Wildman–Crippen LogP) is 7.22. The molecule has 4 aromatic carbocycles. The Hall–Kier alpha value is -3.62. The Bertz CT molecular complexity index is 2140. The van der Waals surface area contributed by atoms with Gasteiger partial charge in [0.05, 0.1) is 50.1 Å². The maximum atomic E-state index is 14.2. The molecule has 332 valence electrons. The van der Waals surface area contributed by atoms with Gasteiger partial charge in [0, 0.05) is 17.9 Å². The van der Waals surface area contributed by atoms with Gasteiger partial charge in [-0.05, 0) is 102 Å². The van der Waals surface area contributed by atoms with Crippen molar-refractivity contribution in [3.8, 4) is 5.75 Å².